The third-order valence-electron chi connectivity index (χ3n) is 2.76. The maximum Gasteiger partial charge on any atom is 0.306 e. The van der Waals surface area contributed by atoms with Gasteiger partial charge in [0.05, 0.1) is 13.0 Å². The molecule has 0 aliphatic carbocycles. The minimum absolute atomic E-state index is 0.0506. The number of hydrogen-bond donors (Lipinski definition) is 0. The van der Waals surface area contributed by atoms with Crippen molar-refractivity contribution in [2.45, 2.75) is 51.9 Å². The fourth-order valence-corrected chi connectivity index (χ4v) is 2.67. The summed E-state index contributed by atoms with van der Waals surface area (Å²) in [7, 11) is 0. The summed E-state index contributed by atoms with van der Waals surface area (Å²) in [5.41, 5.74) is 0. The summed E-state index contributed by atoms with van der Waals surface area (Å²) in [5.74, 6) is 0.291. The van der Waals surface area contributed by atoms with Crippen LogP contribution in [0.4, 0.5) is 0 Å². The number of unbranched alkanes of at least 4 members (excludes halogenated alkanes) is 1. The number of carbonyl (C=O) groups excluding carboxylic acids is 1. The topological polar surface area (TPSA) is 26.3 Å². The molecule has 96 valence electrons. The average molecular weight is 254 g/mol. The molecule has 1 aromatic rings. The summed E-state index contributed by atoms with van der Waals surface area (Å²) in [5, 5.41) is 2.07. The van der Waals surface area contributed by atoms with Crippen LogP contribution in [0.1, 0.15) is 56.7 Å². The molecule has 3 heteroatoms. The van der Waals surface area contributed by atoms with Gasteiger partial charge in [-0.15, -0.1) is 11.3 Å². The second-order valence-electron chi connectivity index (χ2n) is 4.28. The molecular weight excluding hydrogens is 232 g/mol. The number of ether oxygens (including phenoxy) is 1. The SMILES string of the molecule is CCCCOC(=O)CC(CCC)c1cccs1. The Morgan fingerprint density at radius 1 is 1.41 bits per heavy atom. The van der Waals surface area contributed by atoms with Crippen molar-refractivity contribution in [1.82, 2.24) is 0 Å². The smallest absolute Gasteiger partial charge is 0.306 e. The van der Waals surface area contributed by atoms with E-state index < -0.39 is 0 Å². The van der Waals surface area contributed by atoms with E-state index in [9.17, 15) is 4.79 Å². The van der Waals surface area contributed by atoms with E-state index in [0.717, 1.165) is 25.7 Å². The van der Waals surface area contributed by atoms with E-state index in [1.165, 1.54) is 4.88 Å². The number of hydrogen-bond acceptors (Lipinski definition) is 3. The van der Waals surface area contributed by atoms with Gasteiger partial charge >= 0.3 is 5.97 Å². The number of carbonyl (C=O) groups is 1. The van der Waals surface area contributed by atoms with Crippen LogP contribution in [0.3, 0.4) is 0 Å². The number of rotatable bonds is 8. The van der Waals surface area contributed by atoms with E-state index >= 15 is 0 Å². The fraction of sp³-hybridized carbons (Fsp3) is 0.643. The Hall–Kier alpha value is -0.830. The van der Waals surface area contributed by atoms with Crippen LogP contribution >= 0.6 is 11.3 Å². The molecule has 0 radical (unpaired) electrons. The third-order valence-corrected chi connectivity index (χ3v) is 3.79. The number of esters is 1. The first kappa shape index (κ1) is 14.2. The Kier molecular flexibility index (Phi) is 6.94. The summed E-state index contributed by atoms with van der Waals surface area (Å²) in [6.45, 7) is 4.82. The lowest BCUT2D eigenvalue weighted by molar-refractivity contribution is -0.144. The normalized spacial score (nSPS) is 12.4. The van der Waals surface area contributed by atoms with Crippen molar-refractivity contribution in [2.75, 3.05) is 6.61 Å². The molecule has 0 saturated heterocycles. The summed E-state index contributed by atoms with van der Waals surface area (Å²) >= 11 is 1.73. The van der Waals surface area contributed by atoms with Crippen molar-refractivity contribution in [2.24, 2.45) is 0 Å². The van der Waals surface area contributed by atoms with Crippen LogP contribution in [0.5, 0.6) is 0 Å². The molecule has 0 bridgehead atoms. The fourth-order valence-electron chi connectivity index (χ4n) is 1.81. The molecule has 1 aromatic heterocycles. The molecule has 2 nitrogen and oxygen atoms in total. The molecule has 0 N–H and O–H groups in total. The van der Waals surface area contributed by atoms with Crippen molar-refractivity contribution < 1.29 is 9.53 Å². The van der Waals surface area contributed by atoms with Gasteiger partial charge in [-0.3, -0.25) is 4.79 Å². The largest absolute Gasteiger partial charge is 0.466 e. The lowest BCUT2D eigenvalue weighted by atomic mass is 9.98. The van der Waals surface area contributed by atoms with Gasteiger partial charge in [0.2, 0.25) is 0 Å². The van der Waals surface area contributed by atoms with Gasteiger partial charge < -0.3 is 4.74 Å². The van der Waals surface area contributed by atoms with E-state index in [-0.39, 0.29) is 5.97 Å². The van der Waals surface area contributed by atoms with Crippen LogP contribution in [0.25, 0.3) is 0 Å². The molecule has 1 unspecified atom stereocenters. The average Bonchev–Trinajstić information content (AvgIpc) is 2.82. The maximum atomic E-state index is 11.7. The molecule has 0 aliphatic rings. The van der Waals surface area contributed by atoms with Gasteiger partial charge in [-0.05, 0) is 24.3 Å². The zero-order valence-electron chi connectivity index (χ0n) is 10.8. The first-order valence-electron chi connectivity index (χ1n) is 6.47. The molecular formula is C14H22O2S. The second kappa shape index (κ2) is 8.29. The molecule has 17 heavy (non-hydrogen) atoms. The van der Waals surface area contributed by atoms with Crippen LogP contribution in [0, 0.1) is 0 Å². The summed E-state index contributed by atoms with van der Waals surface area (Å²) in [6.07, 6.45) is 4.71. The lowest BCUT2D eigenvalue weighted by Crippen LogP contribution is -2.10. The number of thiophene rings is 1. The highest BCUT2D eigenvalue weighted by molar-refractivity contribution is 7.10. The van der Waals surface area contributed by atoms with E-state index in [0.29, 0.717) is 18.9 Å². The van der Waals surface area contributed by atoms with Crippen LogP contribution in [0.2, 0.25) is 0 Å². The van der Waals surface area contributed by atoms with Crippen LogP contribution < -0.4 is 0 Å². The minimum Gasteiger partial charge on any atom is -0.466 e. The van der Waals surface area contributed by atoms with Gasteiger partial charge in [-0.2, -0.15) is 0 Å². The van der Waals surface area contributed by atoms with Gasteiger partial charge in [0.1, 0.15) is 0 Å². The molecule has 0 amide bonds. The zero-order chi connectivity index (χ0) is 12.5. The van der Waals surface area contributed by atoms with Gasteiger partial charge in [-0.25, -0.2) is 0 Å². The van der Waals surface area contributed by atoms with Crippen LogP contribution in [-0.2, 0) is 9.53 Å². The standard InChI is InChI=1S/C14H22O2S/c1-3-5-9-16-14(15)11-12(7-4-2)13-8-6-10-17-13/h6,8,10,12H,3-5,7,9,11H2,1-2H3. The predicted molar refractivity (Wildman–Crippen MR) is 72.5 cm³/mol. The van der Waals surface area contributed by atoms with Crippen molar-refractivity contribution in [3.05, 3.63) is 22.4 Å². The molecule has 1 atom stereocenters. The maximum absolute atomic E-state index is 11.7. The highest BCUT2D eigenvalue weighted by atomic mass is 32.1. The van der Waals surface area contributed by atoms with Crippen LogP contribution in [0.15, 0.2) is 17.5 Å². The van der Waals surface area contributed by atoms with E-state index in [4.69, 9.17) is 4.74 Å². The van der Waals surface area contributed by atoms with E-state index in [1.807, 2.05) is 6.07 Å². The van der Waals surface area contributed by atoms with Crippen molar-refractivity contribution in [1.29, 1.82) is 0 Å². The van der Waals surface area contributed by atoms with Crippen molar-refractivity contribution >= 4 is 17.3 Å². The molecule has 0 fully saturated rings. The highest BCUT2D eigenvalue weighted by Crippen LogP contribution is 2.29. The quantitative estimate of drug-likeness (QED) is 0.509. The van der Waals surface area contributed by atoms with Gasteiger partial charge in [0.15, 0.2) is 0 Å². The lowest BCUT2D eigenvalue weighted by Gasteiger charge is -2.13. The Bertz CT molecular complexity index is 306. The molecule has 1 heterocycles. The van der Waals surface area contributed by atoms with Gasteiger partial charge in [0, 0.05) is 10.8 Å². The minimum atomic E-state index is -0.0506. The van der Waals surface area contributed by atoms with Crippen molar-refractivity contribution in [3.63, 3.8) is 0 Å². The van der Waals surface area contributed by atoms with Crippen molar-refractivity contribution in [3.8, 4) is 0 Å². The Balaban J connectivity index is 2.41. The Morgan fingerprint density at radius 3 is 2.82 bits per heavy atom. The summed E-state index contributed by atoms with van der Waals surface area (Å²) in [6, 6.07) is 4.16. The Morgan fingerprint density at radius 2 is 2.24 bits per heavy atom. The first-order chi connectivity index (χ1) is 8.27. The summed E-state index contributed by atoms with van der Waals surface area (Å²) < 4.78 is 5.22. The van der Waals surface area contributed by atoms with Gasteiger partial charge in [0.25, 0.3) is 0 Å². The Labute approximate surface area is 108 Å². The first-order valence-corrected chi connectivity index (χ1v) is 7.34. The molecule has 1 rings (SSSR count). The molecule has 0 aromatic carbocycles. The molecule has 0 saturated carbocycles. The van der Waals surface area contributed by atoms with E-state index in [2.05, 4.69) is 25.3 Å². The van der Waals surface area contributed by atoms with Gasteiger partial charge in [-0.1, -0.05) is 32.8 Å². The second-order valence-corrected chi connectivity index (χ2v) is 5.26. The zero-order valence-corrected chi connectivity index (χ0v) is 11.6. The van der Waals surface area contributed by atoms with E-state index in [1.54, 1.807) is 11.3 Å². The molecule has 0 aliphatic heterocycles. The predicted octanol–water partition coefficient (Wildman–Crippen LogP) is 4.37. The highest BCUT2D eigenvalue weighted by Gasteiger charge is 2.16. The molecule has 0 spiro atoms. The van der Waals surface area contributed by atoms with Crippen LogP contribution in [-0.4, -0.2) is 12.6 Å². The third kappa shape index (κ3) is 5.35. The monoisotopic (exact) mass is 254 g/mol. The summed E-state index contributed by atoms with van der Waals surface area (Å²) in [4.78, 5) is 13.0.